The molecule has 1 atom stereocenters. The molecule has 0 bridgehead atoms. The molecule has 10 heteroatoms. The number of carboxylic acid groups (broad SMARTS) is 1. The summed E-state index contributed by atoms with van der Waals surface area (Å²) >= 11 is 0.775. The van der Waals surface area contributed by atoms with Gasteiger partial charge in [-0.2, -0.15) is 0 Å². The number of ether oxygens (including phenoxy) is 1. The van der Waals surface area contributed by atoms with Gasteiger partial charge in [-0.1, -0.05) is 18.2 Å². The SMILES string of the molecule is CC(Oc1ccc(F)c(-n2c(=O)[nH]c3csc(C(=O)O)c3c2=O)c1)c1ccccc1F. The van der Waals surface area contributed by atoms with Crippen LogP contribution in [0.3, 0.4) is 0 Å². The summed E-state index contributed by atoms with van der Waals surface area (Å²) in [6, 6.07) is 9.40. The van der Waals surface area contributed by atoms with E-state index in [1.54, 1.807) is 13.0 Å². The van der Waals surface area contributed by atoms with Crippen LogP contribution in [0.25, 0.3) is 16.6 Å². The van der Waals surface area contributed by atoms with E-state index in [1.807, 2.05) is 0 Å². The monoisotopic (exact) mass is 444 g/mol. The number of H-pyrrole nitrogens is 1. The van der Waals surface area contributed by atoms with Crippen LogP contribution in [0.5, 0.6) is 5.75 Å². The summed E-state index contributed by atoms with van der Waals surface area (Å²) in [6.07, 6.45) is -0.743. The van der Waals surface area contributed by atoms with E-state index in [2.05, 4.69) is 4.98 Å². The number of hydrogen-bond donors (Lipinski definition) is 2. The maximum atomic E-state index is 14.6. The molecule has 4 rings (SSSR count). The normalized spacial score (nSPS) is 12.1. The first-order valence-corrected chi connectivity index (χ1v) is 9.86. The summed E-state index contributed by atoms with van der Waals surface area (Å²) < 4.78 is 34.8. The number of aromatic carboxylic acids is 1. The molecular weight excluding hydrogens is 430 g/mol. The molecule has 4 aromatic rings. The predicted octanol–water partition coefficient (Wildman–Crippen LogP) is 3.86. The average molecular weight is 444 g/mol. The third-order valence-corrected chi connectivity index (χ3v) is 5.63. The van der Waals surface area contributed by atoms with Crippen LogP contribution in [0.15, 0.2) is 57.4 Å². The smallest absolute Gasteiger partial charge is 0.346 e. The van der Waals surface area contributed by atoms with E-state index in [4.69, 9.17) is 4.74 Å². The van der Waals surface area contributed by atoms with E-state index in [-0.39, 0.29) is 27.1 Å². The zero-order valence-corrected chi connectivity index (χ0v) is 16.7. The van der Waals surface area contributed by atoms with Crippen molar-refractivity contribution in [2.24, 2.45) is 0 Å². The van der Waals surface area contributed by atoms with Gasteiger partial charge in [-0.25, -0.2) is 22.9 Å². The minimum atomic E-state index is -1.34. The van der Waals surface area contributed by atoms with Crippen molar-refractivity contribution >= 4 is 28.2 Å². The molecular formula is C21H14F2N2O5S. The summed E-state index contributed by atoms with van der Waals surface area (Å²) in [5, 5.41) is 10.4. The van der Waals surface area contributed by atoms with Crippen molar-refractivity contribution < 1.29 is 23.4 Å². The zero-order chi connectivity index (χ0) is 22.3. The zero-order valence-electron chi connectivity index (χ0n) is 15.9. The van der Waals surface area contributed by atoms with Crippen LogP contribution >= 0.6 is 11.3 Å². The maximum Gasteiger partial charge on any atom is 0.346 e. The Hall–Kier alpha value is -3.79. The van der Waals surface area contributed by atoms with Crippen LogP contribution < -0.4 is 16.0 Å². The summed E-state index contributed by atoms with van der Waals surface area (Å²) in [4.78, 5) is 38.9. The lowest BCUT2D eigenvalue weighted by molar-refractivity contribution is 0.0704. The molecule has 0 fully saturated rings. The molecule has 158 valence electrons. The number of fused-ring (bicyclic) bond motifs is 1. The first-order valence-electron chi connectivity index (χ1n) is 8.98. The molecule has 0 amide bonds. The number of thiophene rings is 1. The van der Waals surface area contributed by atoms with Gasteiger partial charge in [0, 0.05) is 17.0 Å². The van der Waals surface area contributed by atoms with Gasteiger partial charge in [-0.3, -0.25) is 4.79 Å². The van der Waals surface area contributed by atoms with Gasteiger partial charge in [-0.15, -0.1) is 11.3 Å². The Morgan fingerprint density at radius 3 is 2.61 bits per heavy atom. The van der Waals surface area contributed by atoms with Gasteiger partial charge >= 0.3 is 11.7 Å². The molecule has 0 radical (unpaired) electrons. The fraction of sp³-hybridized carbons (Fsp3) is 0.0952. The lowest BCUT2D eigenvalue weighted by Crippen LogP contribution is -2.34. The number of rotatable bonds is 5. The quantitative estimate of drug-likeness (QED) is 0.487. The maximum absolute atomic E-state index is 14.6. The molecule has 2 N–H and O–H groups in total. The molecule has 7 nitrogen and oxygen atoms in total. The van der Waals surface area contributed by atoms with Crippen molar-refractivity contribution in [3.05, 3.63) is 90.8 Å². The summed E-state index contributed by atoms with van der Waals surface area (Å²) in [5.74, 6) is -2.63. The first kappa shape index (κ1) is 20.5. The molecule has 2 aromatic carbocycles. The summed E-state index contributed by atoms with van der Waals surface area (Å²) in [7, 11) is 0. The van der Waals surface area contributed by atoms with Crippen LogP contribution in [0.1, 0.15) is 28.3 Å². The number of carboxylic acids is 1. The van der Waals surface area contributed by atoms with E-state index in [9.17, 15) is 28.3 Å². The minimum absolute atomic E-state index is 0.0506. The molecule has 0 aliphatic rings. The Morgan fingerprint density at radius 2 is 1.90 bits per heavy atom. The van der Waals surface area contributed by atoms with Crippen molar-refractivity contribution in [1.29, 1.82) is 0 Å². The Labute approximate surface area is 176 Å². The largest absolute Gasteiger partial charge is 0.486 e. The molecule has 0 spiro atoms. The molecule has 0 aliphatic carbocycles. The fourth-order valence-corrected chi connectivity index (χ4v) is 4.05. The molecule has 0 saturated heterocycles. The topological polar surface area (TPSA) is 101 Å². The van der Waals surface area contributed by atoms with Crippen molar-refractivity contribution in [3.8, 4) is 11.4 Å². The molecule has 0 aliphatic heterocycles. The Bertz CT molecular complexity index is 1440. The number of aromatic nitrogens is 2. The van der Waals surface area contributed by atoms with Gasteiger partial charge < -0.3 is 14.8 Å². The number of aromatic amines is 1. The van der Waals surface area contributed by atoms with Crippen LogP contribution in [-0.2, 0) is 0 Å². The van der Waals surface area contributed by atoms with E-state index in [0.29, 0.717) is 4.57 Å². The molecule has 0 saturated carbocycles. The molecule has 2 aromatic heterocycles. The van der Waals surface area contributed by atoms with Gasteiger partial charge in [0.2, 0.25) is 0 Å². The van der Waals surface area contributed by atoms with Crippen LogP contribution in [0.2, 0.25) is 0 Å². The second-order valence-corrected chi connectivity index (χ2v) is 7.50. The van der Waals surface area contributed by atoms with Crippen LogP contribution in [0, 0.1) is 11.6 Å². The number of nitrogens with one attached hydrogen (secondary N) is 1. The molecule has 1 unspecified atom stereocenters. The number of carbonyl (C=O) groups is 1. The Morgan fingerprint density at radius 1 is 1.16 bits per heavy atom. The number of benzene rings is 2. The van der Waals surface area contributed by atoms with Gasteiger partial charge in [0.05, 0.1) is 16.6 Å². The highest BCUT2D eigenvalue weighted by Crippen LogP contribution is 2.27. The summed E-state index contributed by atoms with van der Waals surface area (Å²) in [6.45, 7) is 1.59. The second-order valence-electron chi connectivity index (χ2n) is 6.62. The Balaban J connectivity index is 1.83. The van der Waals surface area contributed by atoms with Gasteiger partial charge in [-0.05, 0) is 25.1 Å². The van der Waals surface area contributed by atoms with E-state index >= 15 is 0 Å². The van der Waals surface area contributed by atoms with Gasteiger partial charge in [0.15, 0.2) is 0 Å². The Kier molecular flexibility index (Phi) is 5.15. The molecule has 31 heavy (non-hydrogen) atoms. The third-order valence-electron chi connectivity index (χ3n) is 4.66. The van der Waals surface area contributed by atoms with Gasteiger partial charge in [0.25, 0.3) is 5.56 Å². The highest BCUT2D eigenvalue weighted by molar-refractivity contribution is 7.13. The number of hydrogen-bond acceptors (Lipinski definition) is 5. The second kappa shape index (κ2) is 7.80. The van der Waals surface area contributed by atoms with Crippen molar-refractivity contribution in [2.75, 3.05) is 0 Å². The lowest BCUT2D eigenvalue weighted by atomic mass is 10.1. The standard InChI is InChI=1S/C21H14F2N2O5S/c1-10(12-4-2-3-5-13(12)22)30-11-6-7-14(23)16(8-11)25-19(26)17-15(24-21(25)29)9-31-18(17)20(27)28/h2-10H,1H3,(H,24,29)(H,27,28). The van der Waals surface area contributed by atoms with E-state index in [0.717, 1.165) is 23.5 Å². The lowest BCUT2D eigenvalue weighted by Gasteiger charge is -2.17. The van der Waals surface area contributed by atoms with Gasteiger partial charge in [0.1, 0.15) is 28.4 Å². The van der Waals surface area contributed by atoms with Crippen molar-refractivity contribution in [3.63, 3.8) is 0 Å². The minimum Gasteiger partial charge on any atom is -0.486 e. The first-order chi connectivity index (χ1) is 14.8. The molecule has 2 heterocycles. The van der Waals surface area contributed by atoms with Crippen molar-refractivity contribution in [2.45, 2.75) is 13.0 Å². The van der Waals surface area contributed by atoms with Crippen LogP contribution in [0.4, 0.5) is 8.78 Å². The fourth-order valence-electron chi connectivity index (χ4n) is 3.22. The van der Waals surface area contributed by atoms with Crippen LogP contribution in [-0.4, -0.2) is 20.6 Å². The highest BCUT2D eigenvalue weighted by atomic mass is 32.1. The number of halogens is 2. The van der Waals surface area contributed by atoms with E-state index < -0.39 is 40.6 Å². The van der Waals surface area contributed by atoms with Crippen molar-refractivity contribution in [1.82, 2.24) is 9.55 Å². The third kappa shape index (κ3) is 3.61. The highest BCUT2D eigenvalue weighted by Gasteiger charge is 2.21. The summed E-state index contributed by atoms with van der Waals surface area (Å²) in [5.41, 5.74) is -2.02. The number of nitrogens with zero attached hydrogens (tertiary/aromatic N) is 1. The predicted molar refractivity (Wildman–Crippen MR) is 110 cm³/mol. The van der Waals surface area contributed by atoms with E-state index in [1.165, 1.54) is 29.6 Å². The average Bonchev–Trinajstić information content (AvgIpc) is 3.15.